The molecule has 1 aliphatic heterocycles. The van der Waals surface area contributed by atoms with Gasteiger partial charge >= 0.3 is 0 Å². The summed E-state index contributed by atoms with van der Waals surface area (Å²) in [6.07, 6.45) is 1.01. The van der Waals surface area contributed by atoms with E-state index in [9.17, 15) is 4.79 Å². The maximum atomic E-state index is 12.0. The highest BCUT2D eigenvalue weighted by molar-refractivity contribution is 9.10. The third-order valence-electron chi connectivity index (χ3n) is 3.13. The summed E-state index contributed by atoms with van der Waals surface area (Å²) in [6, 6.07) is 7.89. The van der Waals surface area contributed by atoms with Gasteiger partial charge in [0.15, 0.2) is 0 Å². The largest absolute Gasteiger partial charge is 0.367 e. The molecule has 0 spiro atoms. The number of nitrogens with zero attached hydrogens (tertiary/aromatic N) is 1. The molecule has 0 aromatic heterocycles. The Morgan fingerprint density at radius 2 is 2.16 bits per heavy atom. The van der Waals surface area contributed by atoms with Gasteiger partial charge in [0.25, 0.3) is 0 Å². The van der Waals surface area contributed by atoms with Gasteiger partial charge in [-0.1, -0.05) is 34.1 Å². The Kier molecular flexibility index (Phi) is 5.82. The van der Waals surface area contributed by atoms with Crippen molar-refractivity contribution in [2.45, 2.75) is 13.0 Å². The van der Waals surface area contributed by atoms with Crippen LogP contribution in [0.15, 0.2) is 28.7 Å². The molecule has 0 unspecified atom stereocenters. The fourth-order valence-corrected chi connectivity index (χ4v) is 2.45. The van der Waals surface area contributed by atoms with Crippen LogP contribution < -0.4 is 5.32 Å². The van der Waals surface area contributed by atoms with E-state index in [1.54, 1.807) is 0 Å². The molecule has 5 heteroatoms. The molecular weight excluding hydrogens is 308 g/mol. The van der Waals surface area contributed by atoms with E-state index in [1.807, 2.05) is 29.2 Å². The standard InChI is InChI=1S/C14H19BrN2O2/c15-13-5-2-1-4-12(13)10-19-11-14(18)17-8-3-6-16-7-9-17/h1-2,4-5,16H,3,6-11H2. The Morgan fingerprint density at radius 1 is 1.32 bits per heavy atom. The van der Waals surface area contributed by atoms with Crippen LogP contribution >= 0.6 is 15.9 Å². The highest BCUT2D eigenvalue weighted by atomic mass is 79.9. The van der Waals surface area contributed by atoms with E-state index in [0.717, 1.165) is 42.6 Å². The smallest absolute Gasteiger partial charge is 0.248 e. The fourth-order valence-electron chi connectivity index (χ4n) is 2.05. The van der Waals surface area contributed by atoms with Crippen LogP contribution in [-0.2, 0) is 16.1 Å². The molecule has 104 valence electrons. The van der Waals surface area contributed by atoms with Crippen LogP contribution in [0.25, 0.3) is 0 Å². The summed E-state index contributed by atoms with van der Waals surface area (Å²) in [6.45, 7) is 4.07. The summed E-state index contributed by atoms with van der Waals surface area (Å²) in [5, 5.41) is 3.28. The van der Waals surface area contributed by atoms with Crippen LogP contribution in [0, 0.1) is 0 Å². The minimum atomic E-state index is 0.0794. The van der Waals surface area contributed by atoms with Gasteiger partial charge in [0.05, 0.1) is 6.61 Å². The minimum Gasteiger partial charge on any atom is -0.367 e. The second-order valence-electron chi connectivity index (χ2n) is 4.57. The van der Waals surface area contributed by atoms with Gasteiger partial charge in [-0.3, -0.25) is 4.79 Å². The summed E-state index contributed by atoms with van der Waals surface area (Å²) in [5.74, 6) is 0.0794. The molecule has 1 N–H and O–H groups in total. The number of halogens is 1. The average Bonchev–Trinajstić information content (AvgIpc) is 2.70. The van der Waals surface area contributed by atoms with Crippen LogP contribution in [0.3, 0.4) is 0 Å². The van der Waals surface area contributed by atoms with Gasteiger partial charge in [0.2, 0.25) is 5.91 Å². The molecule has 1 aliphatic rings. The number of hydrogen-bond acceptors (Lipinski definition) is 3. The molecule has 19 heavy (non-hydrogen) atoms. The number of ether oxygens (including phenoxy) is 1. The van der Waals surface area contributed by atoms with Crippen molar-refractivity contribution >= 4 is 21.8 Å². The van der Waals surface area contributed by atoms with Crippen molar-refractivity contribution in [1.29, 1.82) is 0 Å². The quantitative estimate of drug-likeness (QED) is 0.917. The van der Waals surface area contributed by atoms with Crippen molar-refractivity contribution in [2.24, 2.45) is 0 Å². The predicted octanol–water partition coefficient (Wildman–Crippen LogP) is 1.79. The molecule has 1 aromatic rings. The number of carbonyl (C=O) groups excluding carboxylic acids is 1. The zero-order valence-electron chi connectivity index (χ0n) is 10.9. The lowest BCUT2D eigenvalue weighted by Gasteiger charge is -2.19. The summed E-state index contributed by atoms with van der Waals surface area (Å²) < 4.78 is 6.53. The highest BCUT2D eigenvalue weighted by Crippen LogP contribution is 2.16. The monoisotopic (exact) mass is 326 g/mol. The molecule has 0 bridgehead atoms. The Morgan fingerprint density at radius 3 is 3.00 bits per heavy atom. The second kappa shape index (κ2) is 7.62. The van der Waals surface area contributed by atoms with Crippen molar-refractivity contribution in [2.75, 3.05) is 32.8 Å². The first-order valence-corrected chi connectivity index (χ1v) is 7.36. The first kappa shape index (κ1) is 14.5. The molecule has 1 amide bonds. The summed E-state index contributed by atoms with van der Waals surface area (Å²) in [4.78, 5) is 13.9. The van der Waals surface area contributed by atoms with Gasteiger partial charge in [-0.2, -0.15) is 0 Å². The molecular formula is C14H19BrN2O2. The normalized spacial score (nSPS) is 16.2. The van der Waals surface area contributed by atoms with E-state index in [2.05, 4.69) is 21.2 Å². The van der Waals surface area contributed by atoms with Crippen molar-refractivity contribution in [3.8, 4) is 0 Å². The van der Waals surface area contributed by atoms with E-state index in [4.69, 9.17) is 4.74 Å². The van der Waals surface area contributed by atoms with Gasteiger partial charge in [-0.25, -0.2) is 0 Å². The number of hydrogen-bond donors (Lipinski definition) is 1. The van der Waals surface area contributed by atoms with E-state index in [0.29, 0.717) is 6.61 Å². The van der Waals surface area contributed by atoms with Gasteiger partial charge in [-0.15, -0.1) is 0 Å². The van der Waals surface area contributed by atoms with Crippen molar-refractivity contribution in [1.82, 2.24) is 10.2 Å². The zero-order valence-corrected chi connectivity index (χ0v) is 12.5. The Bertz CT molecular complexity index is 418. The molecule has 1 aromatic carbocycles. The van der Waals surface area contributed by atoms with Crippen molar-refractivity contribution in [3.05, 3.63) is 34.3 Å². The molecule has 4 nitrogen and oxygen atoms in total. The number of amides is 1. The molecule has 0 aliphatic carbocycles. The van der Waals surface area contributed by atoms with E-state index in [1.165, 1.54) is 0 Å². The lowest BCUT2D eigenvalue weighted by Crippen LogP contribution is -2.36. The maximum absolute atomic E-state index is 12.0. The van der Waals surface area contributed by atoms with Crippen LogP contribution in [0.2, 0.25) is 0 Å². The number of rotatable bonds is 4. The molecule has 1 heterocycles. The van der Waals surface area contributed by atoms with Gasteiger partial charge in [0, 0.05) is 24.1 Å². The van der Waals surface area contributed by atoms with Crippen LogP contribution in [0.4, 0.5) is 0 Å². The molecule has 1 saturated heterocycles. The first-order chi connectivity index (χ1) is 9.27. The van der Waals surface area contributed by atoms with Gasteiger partial charge in [-0.05, 0) is 24.6 Å². The van der Waals surface area contributed by atoms with Crippen molar-refractivity contribution in [3.63, 3.8) is 0 Å². The zero-order chi connectivity index (χ0) is 13.5. The van der Waals surface area contributed by atoms with E-state index < -0.39 is 0 Å². The Labute approximate surface area is 122 Å². The summed E-state index contributed by atoms with van der Waals surface area (Å²) in [5.41, 5.74) is 1.06. The third-order valence-corrected chi connectivity index (χ3v) is 3.91. The minimum absolute atomic E-state index is 0.0794. The summed E-state index contributed by atoms with van der Waals surface area (Å²) >= 11 is 3.47. The topological polar surface area (TPSA) is 41.6 Å². The summed E-state index contributed by atoms with van der Waals surface area (Å²) in [7, 11) is 0. The molecule has 2 rings (SSSR count). The lowest BCUT2D eigenvalue weighted by molar-refractivity contribution is -0.136. The van der Waals surface area contributed by atoms with E-state index in [-0.39, 0.29) is 12.5 Å². The molecule has 1 fully saturated rings. The molecule has 0 radical (unpaired) electrons. The molecule has 0 atom stereocenters. The number of carbonyl (C=O) groups is 1. The third kappa shape index (κ3) is 4.60. The Hall–Kier alpha value is -0.910. The van der Waals surface area contributed by atoms with Crippen LogP contribution in [-0.4, -0.2) is 43.6 Å². The number of nitrogens with one attached hydrogen (secondary N) is 1. The fraction of sp³-hybridized carbons (Fsp3) is 0.500. The van der Waals surface area contributed by atoms with Crippen LogP contribution in [0.5, 0.6) is 0 Å². The Balaban J connectivity index is 1.76. The SMILES string of the molecule is O=C(COCc1ccccc1Br)N1CCCNCC1. The lowest BCUT2D eigenvalue weighted by atomic mass is 10.2. The average molecular weight is 327 g/mol. The molecule has 0 saturated carbocycles. The van der Waals surface area contributed by atoms with Crippen LogP contribution in [0.1, 0.15) is 12.0 Å². The van der Waals surface area contributed by atoms with Crippen molar-refractivity contribution < 1.29 is 9.53 Å². The maximum Gasteiger partial charge on any atom is 0.248 e. The first-order valence-electron chi connectivity index (χ1n) is 6.57. The highest BCUT2D eigenvalue weighted by Gasteiger charge is 2.15. The van der Waals surface area contributed by atoms with E-state index >= 15 is 0 Å². The predicted molar refractivity (Wildman–Crippen MR) is 77.9 cm³/mol. The number of benzene rings is 1. The second-order valence-corrected chi connectivity index (χ2v) is 5.42. The van der Waals surface area contributed by atoms with Gasteiger partial charge in [0.1, 0.15) is 6.61 Å². The van der Waals surface area contributed by atoms with Gasteiger partial charge < -0.3 is 15.0 Å².